The third-order valence-corrected chi connectivity index (χ3v) is 0.175. The second-order valence-electron chi connectivity index (χ2n) is 1.01. The highest BCUT2D eigenvalue weighted by Gasteiger charge is 1.73. The van der Waals surface area contributed by atoms with Crippen LogP contribution in [0.3, 0.4) is 0 Å². The van der Waals surface area contributed by atoms with Crippen molar-refractivity contribution in [2.24, 2.45) is 0 Å². The first kappa shape index (κ1) is 23.2. The Morgan fingerprint density at radius 3 is 1.43 bits per heavy atom. The van der Waals surface area contributed by atoms with Crippen molar-refractivity contribution in [3.63, 3.8) is 0 Å². The summed E-state index contributed by atoms with van der Waals surface area (Å²) in [5.74, 6) is -0.981. The molecule has 0 heterocycles. The molecule has 0 rings (SSSR count). The van der Waals surface area contributed by atoms with Crippen molar-refractivity contribution in [1.29, 1.82) is 0 Å². The molecule has 0 saturated carbocycles. The van der Waals surface area contributed by atoms with Crippen LogP contribution in [0.15, 0.2) is 49.2 Å². The first-order valence-electron chi connectivity index (χ1n) is 3.00. The molecule has 0 aromatic rings. The lowest BCUT2D eigenvalue weighted by molar-refractivity contribution is -0.131. The smallest absolute Gasteiger partial charge is 0.327 e. The van der Waals surface area contributed by atoms with Gasteiger partial charge in [0.05, 0.1) is 6.33 Å². The number of halogens is 3. The maximum atomic E-state index is 10.1. The molecule has 0 spiro atoms. The number of carbonyl (C=O) groups is 1. The van der Waals surface area contributed by atoms with Gasteiger partial charge in [-0.2, -0.15) is 0 Å². The first-order valence-corrected chi connectivity index (χ1v) is 4.36. The van der Waals surface area contributed by atoms with Crippen molar-refractivity contribution in [2.75, 3.05) is 0 Å². The zero-order valence-electron chi connectivity index (χ0n) is 7.63. The van der Waals surface area contributed by atoms with Crippen LogP contribution in [-0.2, 0) is 4.79 Å². The molecule has 5 heteroatoms. The quantitative estimate of drug-likeness (QED) is 0.732. The van der Waals surface area contributed by atoms with E-state index in [4.69, 9.17) is 16.7 Å². The van der Waals surface area contributed by atoms with Gasteiger partial charge in [0.15, 0.2) is 0 Å². The standard InChI is InChI=1S/C3H4O2.C2H3Br.C2H3Cl.C2H3F/c1-2-3(4)5;3*1-2-3/h2H,1H2,(H,4,5);3*2H,1H2. The molecule has 0 bridgehead atoms. The number of hydrogen-bond donors (Lipinski definition) is 1. The Morgan fingerprint density at radius 2 is 1.43 bits per heavy atom. The average Bonchev–Trinajstić information content (AvgIpc) is 2.08. The number of carboxylic acid groups (broad SMARTS) is 1. The van der Waals surface area contributed by atoms with Crippen LogP contribution in [0, 0.1) is 0 Å². The van der Waals surface area contributed by atoms with Gasteiger partial charge in [-0.25, -0.2) is 9.18 Å². The molecule has 0 atom stereocenters. The van der Waals surface area contributed by atoms with Crippen LogP contribution in [0.25, 0.3) is 0 Å². The van der Waals surface area contributed by atoms with E-state index in [-0.39, 0.29) is 6.33 Å². The molecule has 0 aliphatic heterocycles. The van der Waals surface area contributed by atoms with Crippen molar-refractivity contribution in [2.45, 2.75) is 0 Å². The lowest BCUT2D eigenvalue weighted by Crippen LogP contribution is -1.82. The lowest BCUT2D eigenvalue weighted by Gasteiger charge is -1.64. The van der Waals surface area contributed by atoms with E-state index in [1.54, 1.807) is 4.99 Å². The van der Waals surface area contributed by atoms with Crippen LogP contribution in [0.4, 0.5) is 4.39 Å². The summed E-state index contributed by atoms with van der Waals surface area (Å²) in [6, 6.07) is 0. The Morgan fingerprint density at radius 1 is 1.36 bits per heavy atom. The minimum atomic E-state index is -0.981. The fourth-order valence-corrected chi connectivity index (χ4v) is 0. The third kappa shape index (κ3) is 894. The van der Waals surface area contributed by atoms with E-state index < -0.39 is 5.97 Å². The highest BCUT2D eigenvalue weighted by atomic mass is 79.9. The summed E-state index contributed by atoms with van der Waals surface area (Å²) in [7, 11) is 0. The summed E-state index contributed by atoms with van der Waals surface area (Å²) in [4.78, 5) is 10.8. The van der Waals surface area contributed by atoms with Crippen LogP contribution in [0.5, 0.6) is 0 Å². The molecule has 0 fully saturated rings. The van der Waals surface area contributed by atoms with Crippen LogP contribution < -0.4 is 0 Å². The predicted octanol–water partition coefficient (Wildman–Crippen LogP) is 4.25. The molecule has 0 aromatic heterocycles. The van der Waals surface area contributed by atoms with Crippen molar-refractivity contribution >= 4 is 33.5 Å². The maximum absolute atomic E-state index is 10.1. The van der Waals surface area contributed by atoms with Gasteiger partial charge in [0.2, 0.25) is 0 Å². The monoisotopic (exact) mass is 286 g/mol. The fourth-order valence-electron chi connectivity index (χ4n) is 0. The zero-order valence-corrected chi connectivity index (χ0v) is 9.97. The second kappa shape index (κ2) is 40.0. The van der Waals surface area contributed by atoms with E-state index in [1.165, 1.54) is 5.54 Å². The first-order chi connectivity index (χ1) is 6.51. The molecule has 0 radical (unpaired) electrons. The van der Waals surface area contributed by atoms with Crippen LogP contribution >= 0.6 is 27.5 Å². The molecule has 1 N–H and O–H groups in total. The summed E-state index contributed by atoms with van der Waals surface area (Å²) in [5.41, 5.74) is 1.22. The van der Waals surface area contributed by atoms with E-state index in [0.717, 1.165) is 6.08 Å². The van der Waals surface area contributed by atoms with Gasteiger partial charge in [0, 0.05) is 6.08 Å². The molecule has 0 aliphatic rings. The topological polar surface area (TPSA) is 37.3 Å². The van der Waals surface area contributed by atoms with Gasteiger partial charge in [-0.1, -0.05) is 53.8 Å². The Labute approximate surface area is 97.2 Å². The molecule has 0 amide bonds. The largest absolute Gasteiger partial charge is 0.478 e. The number of carboxylic acids is 1. The molecule has 0 unspecified atom stereocenters. The maximum Gasteiger partial charge on any atom is 0.327 e. The summed E-state index contributed by atoms with van der Waals surface area (Å²) >= 11 is 7.67. The SMILES string of the molecule is C=CBr.C=CC(=O)O.C=CCl.C=CF. The van der Waals surface area contributed by atoms with Gasteiger partial charge in [-0.3, -0.25) is 0 Å². The molecule has 14 heavy (non-hydrogen) atoms. The molecule has 0 saturated heterocycles. The average molecular weight is 288 g/mol. The van der Waals surface area contributed by atoms with Gasteiger partial charge < -0.3 is 5.11 Å². The van der Waals surface area contributed by atoms with E-state index in [1.807, 2.05) is 0 Å². The van der Waals surface area contributed by atoms with Gasteiger partial charge in [0.25, 0.3) is 0 Å². The molecule has 0 aliphatic carbocycles. The van der Waals surface area contributed by atoms with E-state index in [2.05, 4.69) is 42.2 Å². The third-order valence-electron chi connectivity index (χ3n) is 0.175. The van der Waals surface area contributed by atoms with E-state index in [0.29, 0.717) is 0 Å². The van der Waals surface area contributed by atoms with Crippen molar-refractivity contribution < 1.29 is 14.3 Å². The minimum absolute atomic E-state index is 0.250. The molecular weight excluding hydrogens is 274 g/mol. The highest BCUT2D eigenvalue weighted by Crippen LogP contribution is 1.68. The predicted molar refractivity (Wildman–Crippen MR) is 64.3 cm³/mol. The minimum Gasteiger partial charge on any atom is -0.478 e. The van der Waals surface area contributed by atoms with Gasteiger partial charge >= 0.3 is 5.97 Å². The number of aliphatic carboxylic acids is 1. The molecule has 0 aromatic carbocycles. The van der Waals surface area contributed by atoms with Crippen molar-refractivity contribution in [3.05, 3.63) is 49.2 Å². The Hall–Kier alpha value is -0.870. The van der Waals surface area contributed by atoms with Crippen LogP contribution in [0.2, 0.25) is 0 Å². The lowest BCUT2D eigenvalue weighted by atomic mass is 10.7. The summed E-state index contributed by atoms with van der Waals surface area (Å²) in [5, 5.41) is 7.60. The number of hydrogen-bond acceptors (Lipinski definition) is 1. The van der Waals surface area contributed by atoms with Gasteiger partial charge in [-0.15, -0.1) is 0 Å². The van der Waals surface area contributed by atoms with E-state index in [9.17, 15) is 9.18 Å². The normalized spacial score (nSPS) is 5.07. The summed E-state index contributed by atoms with van der Waals surface area (Å²) in [6.45, 7) is 12.1. The van der Waals surface area contributed by atoms with Crippen LogP contribution in [0.1, 0.15) is 0 Å². The summed E-state index contributed by atoms with van der Waals surface area (Å²) < 4.78 is 10.1. The number of rotatable bonds is 1. The van der Waals surface area contributed by atoms with Gasteiger partial charge in [-0.05, 0) is 10.5 Å². The zero-order chi connectivity index (χ0) is 12.4. The van der Waals surface area contributed by atoms with Crippen LogP contribution in [-0.4, -0.2) is 11.1 Å². The Balaban J connectivity index is -0.0000000495. The fraction of sp³-hybridized carbons (Fsp3) is 0. The summed E-state index contributed by atoms with van der Waals surface area (Å²) in [6.07, 6.45) is 1.08. The Kier molecular flexibility index (Phi) is 66.2. The van der Waals surface area contributed by atoms with Crippen molar-refractivity contribution in [1.82, 2.24) is 0 Å². The molecule has 82 valence electrons. The Bertz CT molecular complexity index is 147. The molecular formula is C9H13BrClFO2. The van der Waals surface area contributed by atoms with Gasteiger partial charge in [0.1, 0.15) is 0 Å². The molecule has 2 nitrogen and oxygen atoms in total. The second-order valence-corrected chi connectivity index (χ2v) is 1.96. The van der Waals surface area contributed by atoms with Crippen molar-refractivity contribution in [3.8, 4) is 0 Å². The highest BCUT2D eigenvalue weighted by molar-refractivity contribution is 9.11. The van der Waals surface area contributed by atoms with E-state index >= 15 is 0 Å².